The highest BCUT2D eigenvalue weighted by Crippen LogP contribution is 2.19. The van der Waals surface area contributed by atoms with Crippen molar-refractivity contribution in [1.29, 1.82) is 0 Å². The van der Waals surface area contributed by atoms with Crippen LogP contribution in [0.4, 0.5) is 10.1 Å². The largest absolute Gasteiger partial charge is 0.391 e. The molecule has 3 rings (SSSR count). The smallest absolute Gasteiger partial charge is 0.258 e. The molecule has 2 aromatic carbocycles. The first kappa shape index (κ1) is 17.6. The number of amidine groups is 1. The van der Waals surface area contributed by atoms with Crippen molar-refractivity contribution < 1.29 is 18.8 Å². The lowest BCUT2D eigenvalue weighted by molar-refractivity contribution is 0.0966. The van der Waals surface area contributed by atoms with Crippen LogP contribution in [0, 0.1) is 12.7 Å². The van der Waals surface area contributed by atoms with Crippen molar-refractivity contribution in [2.75, 3.05) is 5.32 Å². The molecule has 26 heavy (non-hydrogen) atoms. The number of rotatable bonds is 3. The Hall–Kier alpha value is -3.22. The highest BCUT2D eigenvalue weighted by Gasteiger charge is 2.19. The summed E-state index contributed by atoms with van der Waals surface area (Å²) >= 11 is 0. The second-order valence-electron chi connectivity index (χ2n) is 6.08. The summed E-state index contributed by atoms with van der Waals surface area (Å²) in [6, 6.07) is 10.6. The van der Waals surface area contributed by atoms with Crippen LogP contribution in [-0.4, -0.2) is 23.8 Å². The van der Waals surface area contributed by atoms with Gasteiger partial charge < -0.3 is 15.5 Å². The fraction of sp³-hybridized carbons (Fsp3) is 0.211. The maximum atomic E-state index is 13.8. The van der Waals surface area contributed by atoms with E-state index in [2.05, 4.69) is 15.8 Å². The first-order valence-corrected chi connectivity index (χ1v) is 8.14. The molecule has 2 aromatic rings. The van der Waals surface area contributed by atoms with E-state index in [0.29, 0.717) is 23.5 Å². The lowest BCUT2D eigenvalue weighted by Crippen LogP contribution is -2.30. The van der Waals surface area contributed by atoms with E-state index in [-0.39, 0.29) is 17.6 Å². The summed E-state index contributed by atoms with van der Waals surface area (Å²) in [4.78, 5) is 29.7. The van der Waals surface area contributed by atoms with Crippen LogP contribution in [0.15, 0.2) is 47.6 Å². The maximum Gasteiger partial charge on any atom is 0.258 e. The van der Waals surface area contributed by atoms with Gasteiger partial charge in [-0.15, -0.1) is 0 Å². The molecule has 0 fully saturated rings. The molecule has 0 bridgehead atoms. The molecule has 0 aliphatic carbocycles. The van der Waals surface area contributed by atoms with E-state index in [1.807, 2.05) is 6.92 Å². The Balaban J connectivity index is 1.76. The van der Waals surface area contributed by atoms with Crippen LogP contribution in [0.25, 0.3) is 0 Å². The quantitative estimate of drug-likeness (QED) is 0.887. The molecule has 0 saturated carbocycles. The highest BCUT2D eigenvalue weighted by molar-refractivity contribution is 6.08. The van der Waals surface area contributed by atoms with Gasteiger partial charge in [0.25, 0.3) is 11.8 Å². The second kappa shape index (κ2) is 7.35. The molecule has 1 heterocycles. The van der Waals surface area contributed by atoms with Crippen LogP contribution in [0.3, 0.4) is 0 Å². The molecule has 0 unspecified atom stereocenters. The third kappa shape index (κ3) is 3.88. The van der Waals surface area contributed by atoms with E-state index in [0.717, 1.165) is 5.56 Å². The summed E-state index contributed by atoms with van der Waals surface area (Å²) in [5, 5.41) is 9.12. The molecule has 0 spiro atoms. The number of nitrogens with zero attached hydrogens (tertiary/aromatic N) is 1. The van der Waals surface area contributed by atoms with Gasteiger partial charge >= 0.3 is 0 Å². The maximum absolute atomic E-state index is 13.8. The van der Waals surface area contributed by atoms with Gasteiger partial charge in [-0.05, 0) is 43.7 Å². The van der Waals surface area contributed by atoms with Crippen LogP contribution in [0.5, 0.6) is 0 Å². The average Bonchev–Trinajstić information content (AvgIpc) is 3.02. The third-order valence-corrected chi connectivity index (χ3v) is 3.95. The number of carbonyl (C=O) groups excluding carboxylic acids is 2. The van der Waals surface area contributed by atoms with Crippen molar-refractivity contribution in [2.24, 2.45) is 5.16 Å². The van der Waals surface area contributed by atoms with Crippen molar-refractivity contribution >= 4 is 23.3 Å². The Morgan fingerprint density at radius 2 is 1.92 bits per heavy atom. The van der Waals surface area contributed by atoms with Gasteiger partial charge in [-0.3, -0.25) is 9.59 Å². The third-order valence-electron chi connectivity index (χ3n) is 3.95. The summed E-state index contributed by atoms with van der Waals surface area (Å²) in [6.45, 7) is 3.64. The van der Waals surface area contributed by atoms with Gasteiger partial charge in [-0.1, -0.05) is 23.4 Å². The molecule has 0 aromatic heterocycles. The van der Waals surface area contributed by atoms with E-state index in [4.69, 9.17) is 4.84 Å². The molecular formula is C19H18FN3O3. The minimum Gasteiger partial charge on any atom is -0.391 e. The number of halogens is 1. The van der Waals surface area contributed by atoms with E-state index in [1.54, 1.807) is 31.2 Å². The van der Waals surface area contributed by atoms with Crippen LogP contribution < -0.4 is 10.6 Å². The first-order valence-electron chi connectivity index (χ1n) is 8.14. The second-order valence-corrected chi connectivity index (χ2v) is 6.08. The van der Waals surface area contributed by atoms with Crippen molar-refractivity contribution in [2.45, 2.75) is 26.4 Å². The zero-order valence-corrected chi connectivity index (χ0v) is 14.4. The van der Waals surface area contributed by atoms with Gasteiger partial charge in [0.1, 0.15) is 11.9 Å². The van der Waals surface area contributed by atoms with Gasteiger partial charge in [0, 0.05) is 17.7 Å². The standard InChI is InChI=1S/C19H18FN3O3/c1-11-7-8-13(18(24)22-17-9-12(2)26-23-17)10-16(11)21-19(25)14-5-3-4-6-15(14)20/h3-8,10,12H,9H2,1-2H3,(H,21,25)(H,22,23,24)/t12-/m1/s1. The fourth-order valence-corrected chi connectivity index (χ4v) is 2.51. The van der Waals surface area contributed by atoms with E-state index < -0.39 is 11.7 Å². The number of benzene rings is 2. The number of oxime groups is 1. The normalized spacial score (nSPS) is 15.8. The molecule has 1 aliphatic rings. The van der Waals surface area contributed by atoms with Crippen LogP contribution >= 0.6 is 0 Å². The minimum absolute atomic E-state index is 0.0618. The molecule has 6 nitrogen and oxygen atoms in total. The van der Waals surface area contributed by atoms with Crippen LogP contribution in [-0.2, 0) is 4.84 Å². The lowest BCUT2D eigenvalue weighted by Gasteiger charge is -2.11. The van der Waals surface area contributed by atoms with Crippen molar-refractivity contribution in [3.63, 3.8) is 0 Å². The predicted molar refractivity (Wildman–Crippen MR) is 95.6 cm³/mol. The number of carbonyl (C=O) groups is 2. The van der Waals surface area contributed by atoms with Gasteiger partial charge in [0.15, 0.2) is 5.84 Å². The molecule has 1 aliphatic heterocycles. The fourth-order valence-electron chi connectivity index (χ4n) is 2.51. The Morgan fingerprint density at radius 1 is 1.15 bits per heavy atom. The molecule has 2 amide bonds. The topological polar surface area (TPSA) is 79.8 Å². The van der Waals surface area contributed by atoms with Crippen LogP contribution in [0.1, 0.15) is 39.6 Å². The molecule has 1 atom stereocenters. The zero-order valence-electron chi connectivity index (χ0n) is 14.4. The summed E-state index contributed by atoms with van der Waals surface area (Å²) in [5.41, 5.74) is 1.47. The minimum atomic E-state index is -0.607. The van der Waals surface area contributed by atoms with Crippen molar-refractivity contribution in [3.8, 4) is 0 Å². The number of aryl methyl sites for hydroxylation is 1. The molecule has 2 N–H and O–H groups in total. The Labute approximate surface area is 150 Å². The molecule has 134 valence electrons. The van der Waals surface area contributed by atoms with Gasteiger partial charge in [0.2, 0.25) is 0 Å². The van der Waals surface area contributed by atoms with Crippen molar-refractivity contribution in [3.05, 3.63) is 65.0 Å². The molecule has 0 saturated heterocycles. The Morgan fingerprint density at radius 3 is 2.62 bits per heavy atom. The van der Waals surface area contributed by atoms with Crippen LogP contribution in [0.2, 0.25) is 0 Å². The van der Waals surface area contributed by atoms with Gasteiger partial charge in [-0.25, -0.2) is 4.39 Å². The number of hydrogen-bond donors (Lipinski definition) is 2. The number of anilines is 1. The zero-order chi connectivity index (χ0) is 18.7. The summed E-state index contributed by atoms with van der Waals surface area (Å²) < 4.78 is 13.8. The number of nitrogens with one attached hydrogen (secondary N) is 2. The summed E-state index contributed by atoms with van der Waals surface area (Å²) in [7, 11) is 0. The Kier molecular flexibility index (Phi) is 4.97. The number of amides is 2. The van der Waals surface area contributed by atoms with E-state index >= 15 is 0 Å². The van der Waals surface area contributed by atoms with Gasteiger partial charge in [0.05, 0.1) is 5.56 Å². The number of hydrogen-bond acceptors (Lipinski definition) is 4. The molecular weight excluding hydrogens is 337 g/mol. The van der Waals surface area contributed by atoms with Crippen molar-refractivity contribution in [1.82, 2.24) is 5.32 Å². The molecule has 0 radical (unpaired) electrons. The van der Waals surface area contributed by atoms with E-state index in [1.165, 1.54) is 18.2 Å². The first-order chi connectivity index (χ1) is 12.4. The lowest BCUT2D eigenvalue weighted by atomic mass is 10.1. The molecule has 7 heteroatoms. The SMILES string of the molecule is Cc1ccc(C(=O)NC2=NO[C@H](C)C2)cc1NC(=O)c1ccccc1F. The Bertz CT molecular complexity index is 895. The summed E-state index contributed by atoms with van der Waals surface area (Å²) in [5.74, 6) is -1.08. The summed E-state index contributed by atoms with van der Waals surface area (Å²) in [6.07, 6.45) is 0.452. The monoisotopic (exact) mass is 355 g/mol. The van der Waals surface area contributed by atoms with Gasteiger partial charge in [-0.2, -0.15) is 0 Å². The highest BCUT2D eigenvalue weighted by atomic mass is 19.1. The predicted octanol–water partition coefficient (Wildman–Crippen LogP) is 3.24. The van der Waals surface area contributed by atoms with E-state index in [9.17, 15) is 14.0 Å². The average molecular weight is 355 g/mol.